The van der Waals surface area contributed by atoms with E-state index in [9.17, 15) is 9.18 Å². The number of aromatic nitrogens is 1. The standard InChI is InChI=1S/C25H22FN3O2/c1-16-17(2)29(15-18-6-4-3-5-7-18)23-13-10-20(14-22(16)23)25(30)31-28-24(27)19-8-11-21(26)12-9-19/h3-14H,15H2,1-2H3,(H2,27,28). The molecule has 0 unspecified atom stereocenters. The summed E-state index contributed by atoms with van der Waals surface area (Å²) in [6.07, 6.45) is 0. The normalized spacial score (nSPS) is 11.6. The Bertz CT molecular complexity index is 1280. The molecule has 0 fully saturated rings. The van der Waals surface area contributed by atoms with E-state index in [4.69, 9.17) is 10.6 Å². The van der Waals surface area contributed by atoms with Crippen molar-refractivity contribution in [3.8, 4) is 0 Å². The van der Waals surface area contributed by atoms with Crippen molar-refractivity contribution in [2.75, 3.05) is 0 Å². The van der Waals surface area contributed by atoms with Crippen LogP contribution < -0.4 is 5.73 Å². The lowest BCUT2D eigenvalue weighted by Crippen LogP contribution is -2.15. The Labute approximate surface area is 179 Å². The molecule has 0 saturated carbocycles. The first-order valence-corrected chi connectivity index (χ1v) is 9.88. The quantitative estimate of drug-likeness (QED) is 0.218. The molecule has 3 aromatic carbocycles. The number of oxime groups is 1. The Morgan fingerprint density at radius 3 is 2.39 bits per heavy atom. The summed E-state index contributed by atoms with van der Waals surface area (Å²) in [6, 6.07) is 21.1. The van der Waals surface area contributed by atoms with E-state index < -0.39 is 5.97 Å². The lowest BCUT2D eigenvalue weighted by molar-refractivity contribution is 0.0516. The van der Waals surface area contributed by atoms with Gasteiger partial charge in [-0.3, -0.25) is 0 Å². The number of nitrogens with two attached hydrogens (primary N) is 1. The number of carbonyl (C=O) groups excluding carboxylic acids is 1. The average Bonchev–Trinajstić information content (AvgIpc) is 3.02. The minimum atomic E-state index is -0.611. The van der Waals surface area contributed by atoms with Crippen LogP contribution in [0.1, 0.15) is 32.7 Å². The molecule has 31 heavy (non-hydrogen) atoms. The molecule has 0 saturated heterocycles. The summed E-state index contributed by atoms with van der Waals surface area (Å²) in [6.45, 7) is 4.86. The van der Waals surface area contributed by atoms with Gasteiger partial charge in [-0.2, -0.15) is 0 Å². The second-order valence-electron chi connectivity index (χ2n) is 7.38. The van der Waals surface area contributed by atoms with E-state index in [1.165, 1.54) is 29.8 Å². The summed E-state index contributed by atoms with van der Waals surface area (Å²) in [5.74, 6) is -0.998. The van der Waals surface area contributed by atoms with E-state index in [2.05, 4.69) is 28.8 Å². The fourth-order valence-electron chi connectivity index (χ4n) is 3.56. The summed E-state index contributed by atoms with van der Waals surface area (Å²) in [5.41, 5.74) is 11.2. The summed E-state index contributed by atoms with van der Waals surface area (Å²) in [4.78, 5) is 17.5. The van der Waals surface area contributed by atoms with E-state index in [0.29, 0.717) is 11.1 Å². The second kappa shape index (κ2) is 8.44. The van der Waals surface area contributed by atoms with Crippen LogP contribution in [-0.4, -0.2) is 16.4 Å². The van der Waals surface area contributed by atoms with Gasteiger partial charge in [-0.15, -0.1) is 0 Å². The molecule has 0 aliphatic carbocycles. The highest BCUT2D eigenvalue weighted by atomic mass is 19.1. The molecule has 156 valence electrons. The third-order valence-corrected chi connectivity index (χ3v) is 5.43. The zero-order valence-corrected chi connectivity index (χ0v) is 17.3. The van der Waals surface area contributed by atoms with Crippen LogP contribution in [0, 0.1) is 19.7 Å². The number of amidine groups is 1. The van der Waals surface area contributed by atoms with Crippen LogP contribution in [0.2, 0.25) is 0 Å². The minimum Gasteiger partial charge on any atom is -0.380 e. The van der Waals surface area contributed by atoms with Gasteiger partial charge in [0.25, 0.3) is 0 Å². The molecule has 4 aromatic rings. The first kappa shape index (κ1) is 20.3. The molecule has 5 nitrogen and oxygen atoms in total. The number of fused-ring (bicyclic) bond motifs is 1. The van der Waals surface area contributed by atoms with E-state index >= 15 is 0 Å². The van der Waals surface area contributed by atoms with E-state index in [-0.39, 0.29) is 11.7 Å². The Morgan fingerprint density at radius 1 is 1.00 bits per heavy atom. The maximum absolute atomic E-state index is 13.0. The topological polar surface area (TPSA) is 69.6 Å². The molecule has 0 radical (unpaired) electrons. The summed E-state index contributed by atoms with van der Waals surface area (Å²) >= 11 is 0. The summed E-state index contributed by atoms with van der Waals surface area (Å²) in [7, 11) is 0. The molecule has 0 atom stereocenters. The van der Waals surface area contributed by atoms with Gasteiger partial charge < -0.3 is 15.1 Å². The van der Waals surface area contributed by atoms with Gasteiger partial charge in [-0.25, -0.2) is 9.18 Å². The molecule has 0 bridgehead atoms. The van der Waals surface area contributed by atoms with Crippen LogP contribution in [0.5, 0.6) is 0 Å². The number of hydrogen-bond acceptors (Lipinski definition) is 3. The number of nitrogens with zero attached hydrogens (tertiary/aromatic N) is 2. The highest BCUT2D eigenvalue weighted by Gasteiger charge is 2.15. The van der Waals surface area contributed by atoms with Crippen LogP contribution in [0.25, 0.3) is 10.9 Å². The third-order valence-electron chi connectivity index (χ3n) is 5.43. The van der Waals surface area contributed by atoms with Crippen molar-refractivity contribution >= 4 is 22.7 Å². The van der Waals surface area contributed by atoms with Gasteiger partial charge >= 0.3 is 5.97 Å². The predicted molar refractivity (Wildman–Crippen MR) is 119 cm³/mol. The van der Waals surface area contributed by atoms with Crippen LogP contribution in [-0.2, 0) is 11.4 Å². The molecular weight excluding hydrogens is 393 g/mol. The summed E-state index contributed by atoms with van der Waals surface area (Å²) < 4.78 is 15.3. The lowest BCUT2D eigenvalue weighted by Gasteiger charge is -2.09. The van der Waals surface area contributed by atoms with Gasteiger partial charge in [0, 0.05) is 28.7 Å². The maximum atomic E-state index is 13.0. The molecule has 2 N–H and O–H groups in total. The molecule has 0 spiro atoms. The molecule has 0 amide bonds. The fourth-order valence-corrected chi connectivity index (χ4v) is 3.56. The fraction of sp³-hybridized carbons (Fsp3) is 0.120. The summed E-state index contributed by atoms with van der Waals surface area (Å²) in [5, 5.41) is 4.68. The Hall–Kier alpha value is -3.93. The number of benzene rings is 3. The SMILES string of the molecule is Cc1c(C)n(Cc2ccccc2)c2ccc(C(=O)O/N=C(\N)c3ccc(F)cc3)cc12. The highest BCUT2D eigenvalue weighted by Crippen LogP contribution is 2.27. The number of aryl methyl sites for hydroxylation is 1. The largest absolute Gasteiger partial charge is 0.380 e. The Balaban J connectivity index is 1.59. The number of hydrogen-bond donors (Lipinski definition) is 1. The zero-order chi connectivity index (χ0) is 22.0. The van der Waals surface area contributed by atoms with Crippen molar-refractivity contribution in [2.45, 2.75) is 20.4 Å². The first-order valence-electron chi connectivity index (χ1n) is 9.88. The number of carbonyl (C=O) groups is 1. The van der Waals surface area contributed by atoms with Gasteiger partial charge in [0.1, 0.15) is 5.82 Å². The zero-order valence-electron chi connectivity index (χ0n) is 17.3. The smallest absolute Gasteiger partial charge is 0.365 e. The van der Waals surface area contributed by atoms with Crippen molar-refractivity contribution in [1.82, 2.24) is 4.57 Å². The highest BCUT2D eigenvalue weighted by molar-refractivity contribution is 5.99. The molecule has 0 aliphatic rings. The van der Waals surface area contributed by atoms with Crippen molar-refractivity contribution in [3.63, 3.8) is 0 Å². The molecule has 6 heteroatoms. The monoisotopic (exact) mass is 415 g/mol. The molecule has 0 aliphatic heterocycles. The number of halogens is 1. The van der Waals surface area contributed by atoms with Gasteiger partial charge in [-0.1, -0.05) is 35.5 Å². The number of rotatable bonds is 5. The van der Waals surface area contributed by atoms with E-state index in [1.54, 1.807) is 6.07 Å². The Morgan fingerprint density at radius 2 is 1.68 bits per heavy atom. The van der Waals surface area contributed by atoms with Gasteiger partial charge in [0.15, 0.2) is 5.84 Å². The van der Waals surface area contributed by atoms with Gasteiger partial charge in [0.2, 0.25) is 0 Å². The predicted octanol–water partition coefficient (Wildman–Crippen LogP) is 4.92. The lowest BCUT2D eigenvalue weighted by atomic mass is 10.1. The van der Waals surface area contributed by atoms with Crippen LogP contribution in [0.15, 0.2) is 78.0 Å². The Kier molecular flexibility index (Phi) is 5.54. The second-order valence-corrected chi connectivity index (χ2v) is 7.38. The average molecular weight is 415 g/mol. The molecule has 1 aromatic heterocycles. The minimum absolute atomic E-state index is 0.00420. The van der Waals surface area contributed by atoms with Crippen molar-refractivity contribution < 1.29 is 14.0 Å². The van der Waals surface area contributed by atoms with Crippen LogP contribution >= 0.6 is 0 Å². The van der Waals surface area contributed by atoms with Crippen molar-refractivity contribution in [3.05, 3.63) is 107 Å². The van der Waals surface area contributed by atoms with Crippen LogP contribution in [0.3, 0.4) is 0 Å². The first-order chi connectivity index (χ1) is 14.9. The molecular formula is C25H22FN3O2. The molecule has 4 rings (SSSR count). The molecule has 1 heterocycles. The van der Waals surface area contributed by atoms with E-state index in [1.807, 2.05) is 37.3 Å². The van der Waals surface area contributed by atoms with Gasteiger partial charge in [-0.05, 0) is 67.4 Å². The third kappa shape index (κ3) is 4.19. The van der Waals surface area contributed by atoms with Crippen molar-refractivity contribution in [2.24, 2.45) is 10.9 Å². The van der Waals surface area contributed by atoms with Gasteiger partial charge in [0.05, 0.1) is 5.56 Å². The van der Waals surface area contributed by atoms with E-state index in [0.717, 1.165) is 28.7 Å². The van der Waals surface area contributed by atoms with Crippen LogP contribution in [0.4, 0.5) is 4.39 Å². The van der Waals surface area contributed by atoms with Crippen molar-refractivity contribution in [1.29, 1.82) is 0 Å². The maximum Gasteiger partial charge on any atom is 0.365 e.